The van der Waals surface area contributed by atoms with Crippen LogP contribution in [-0.4, -0.2) is 25.4 Å². The number of aliphatic hydroxyl groups excluding tert-OH is 1. The molecule has 0 bridgehead atoms. The zero-order chi connectivity index (χ0) is 13.7. The van der Waals surface area contributed by atoms with Crippen molar-refractivity contribution >= 4 is 5.69 Å². The normalized spacial score (nSPS) is 12.3. The topological polar surface area (TPSA) is 41.5 Å². The molecule has 1 aromatic rings. The molecular weight excluding hydrogens is 226 g/mol. The summed E-state index contributed by atoms with van der Waals surface area (Å²) < 4.78 is 5.36. The smallest absolute Gasteiger partial charge is 0.122 e. The van der Waals surface area contributed by atoms with E-state index in [2.05, 4.69) is 39.1 Å². The molecule has 0 saturated heterocycles. The molecule has 0 radical (unpaired) electrons. The van der Waals surface area contributed by atoms with Crippen molar-refractivity contribution in [3.05, 3.63) is 22.8 Å². The molecule has 0 aliphatic rings. The van der Waals surface area contributed by atoms with E-state index >= 15 is 0 Å². The fraction of sp³-hybridized carbons (Fsp3) is 0.600. The van der Waals surface area contributed by atoms with Gasteiger partial charge in [0.2, 0.25) is 0 Å². The van der Waals surface area contributed by atoms with Gasteiger partial charge >= 0.3 is 0 Å². The van der Waals surface area contributed by atoms with Crippen molar-refractivity contribution in [2.24, 2.45) is 5.92 Å². The lowest BCUT2D eigenvalue weighted by atomic mass is 10.0. The van der Waals surface area contributed by atoms with Gasteiger partial charge in [-0.1, -0.05) is 6.92 Å². The minimum atomic E-state index is 0.233. The van der Waals surface area contributed by atoms with Crippen molar-refractivity contribution in [1.29, 1.82) is 0 Å². The standard InChI is InChI=1S/C15H25NO2/c1-6-13(9-17)8-16-15-10(2)7-14(18-5)11(3)12(15)4/h7,13,16-17H,6,8-9H2,1-5H3. The number of hydrogen-bond acceptors (Lipinski definition) is 3. The Balaban J connectivity index is 2.92. The van der Waals surface area contributed by atoms with Gasteiger partial charge in [-0.05, 0) is 55.9 Å². The molecule has 3 nitrogen and oxygen atoms in total. The van der Waals surface area contributed by atoms with Gasteiger partial charge in [0.1, 0.15) is 5.75 Å². The lowest BCUT2D eigenvalue weighted by Gasteiger charge is -2.20. The molecule has 0 aliphatic carbocycles. The second-order valence-corrected chi connectivity index (χ2v) is 4.86. The largest absolute Gasteiger partial charge is 0.496 e. The summed E-state index contributed by atoms with van der Waals surface area (Å²) in [6.07, 6.45) is 0.983. The summed E-state index contributed by atoms with van der Waals surface area (Å²) in [5.74, 6) is 1.25. The highest BCUT2D eigenvalue weighted by molar-refractivity contribution is 5.63. The van der Waals surface area contributed by atoms with Crippen LogP contribution in [0.1, 0.15) is 30.0 Å². The molecular formula is C15H25NO2. The third-order valence-electron chi connectivity index (χ3n) is 3.67. The summed E-state index contributed by atoms with van der Waals surface area (Å²) in [4.78, 5) is 0. The number of aryl methyl sites for hydroxylation is 1. The molecule has 1 aromatic carbocycles. The monoisotopic (exact) mass is 251 g/mol. The van der Waals surface area contributed by atoms with Crippen LogP contribution in [0.25, 0.3) is 0 Å². The summed E-state index contributed by atoms with van der Waals surface area (Å²) in [6, 6.07) is 2.06. The molecule has 2 N–H and O–H groups in total. The van der Waals surface area contributed by atoms with E-state index in [4.69, 9.17) is 4.74 Å². The third-order valence-corrected chi connectivity index (χ3v) is 3.67. The molecule has 1 rings (SSSR count). The molecule has 1 unspecified atom stereocenters. The predicted octanol–water partition coefficient (Wildman–Crippen LogP) is 3.05. The van der Waals surface area contributed by atoms with Gasteiger partial charge < -0.3 is 15.2 Å². The highest BCUT2D eigenvalue weighted by Gasteiger charge is 2.12. The maximum Gasteiger partial charge on any atom is 0.122 e. The molecule has 3 heteroatoms. The first-order valence-electron chi connectivity index (χ1n) is 6.54. The average molecular weight is 251 g/mol. The molecule has 0 heterocycles. The van der Waals surface area contributed by atoms with Gasteiger partial charge in [0.15, 0.2) is 0 Å². The van der Waals surface area contributed by atoms with Crippen molar-refractivity contribution in [2.75, 3.05) is 25.6 Å². The molecule has 0 amide bonds. The number of rotatable bonds is 6. The second-order valence-electron chi connectivity index (χ2n) is 4.86. The fourth-order valence-corrected chi connectivity index (χ4v) is 2.11. The number of methoxy groups -OCH3 is 1. The minimum absolute atomic E-state index is 0.233. The highest BCUT2D eigenvalue weighted by atomic mass is 16.5. The molecule has 18 heavy (non-hydrogen) atoms. The van der Waals surface area contributed by atoms with Crippen LogP contribution in [-0.2, 0) is 0 Å². The Morgan fingerprint density at radius 2 is 1.94 bits per heavy atom. The van der Waals surface area contributed by atoms with Gasteiger partial charge in [-0.15, -0.1) is 0 Å². The van der Waals surface area contributed by atoms with Crippen molar-refractivity contribution in [2.45, 2.75) is 34.1 Å². The zero-order valence-corrected chi connectivity index (χ0v) is 12.1. The summed E-state index contributed by atoms with van der Waals surface area (Å²) >= 11 is 0. The molecule has 1 atom stereocenters. The van der Waals surface area contributed by atoms with Crippen molar-refractivity contribution in [3.63, 3.8) is 0 Å². The maximum absolute atomic E-state index is 9.22. The number of hydrogen-bond donors (Lipinski definition) is 2. The Hall–Kier alpha value is -1.22. The Morgan fingerprint density at radius 1 is 1.28 bits per heavy atom. The number of nitrogens with one attached hydrogen (secondary N) is 1. The average Bonchev–Trinajstić information content (AvgIpc) is 2.38. The lowest BCUT2D eigenvalue weighted by Crippen LogP contribution is -2.18. The molecule has 0 spiro atoms. The van der Waals surface area contributed by atoms with Crippen LogP contribution in [0.15, 0.2) is 6.07 Å². The van der Waals surface area contributed by atoms with E-state index in [-0.39, 0.29) is 6.61 Å². The van der Waals surface area contributed by atoms with Crippen LogP contribution in [0.3, 0.4) is 0 Å². The van der Waals surface area contributed by atoms with Crippen LogP contribution in [0.5, 0.6) is 5.75 Å². The van der Waals surface area contributed by atoms with Gasteiger partial charge in [-0.2, -0.15) is 0 Å². The Labute approximate surface area is 110 Å². The van der Waals surface area contributed by atoms with Gasteiger partial charge in [-0.25, -0.2) is 0 Å². The lowest BCUT2D eigenvalue weighted by molar-refractivity contribution is 0.230. The minimum Gasteiger partial charge on any atom is -0.496 e. The SMILES string of the molecule is CCC(CO)CNc1c(C)cc(OC)c(C)c1C. The Kier molecular flexibility index (Phi) is 5.48. The predicted molar refractivity (Wildman–Crippen MR) is 76.6 cm³/mol. The van der Waals surface area contributed by atoms with Crippen molar-refractivity contribution in [1.82, 2.24) is 0 Å². The summed E-state index contributed by atoms with van der Waals surface area (Å²) in [5.41, 5.74) is 4.74. The van der Waals surface area contributed by atoms with E-state index in [1.54, 1.807) is 7.11 Å². The van der Waals surface area contributed by atoms with E-state index in [0.29, 0.717) is 5.92 Å². The fourth-order valence-electron chi connectivity index (χ4n) is 2.11. The van der Waals surface area contributed by atoms with Crippen molar-refractivity contribution < 1.29 is 9.84 Å². The van der Waals surface area contributed by atoms with Crippen LogP contribution in [0.2, 0.25) is 0 Å². The van der Waals surface area contributed by atoms with E-state index in [9.17, 15) is 5.11 Å². The quantitative estimate of drug-likeness (QED) is 0.816. The molecule has 0 fully saturated rings. The first-order chi connectivity index (χ1) is 8.54. The van der Waals surface area contributed by atoms with E-state index in [0.717, 1.165) is 18.7 Å². The van der Waals surface area contributed by atoms with Gasteiger partial charge in [-0.3, -0.25) is 0 Å². The Bertz CT molecular complexity index is 398. The van der Waals surface area contributed by atoms with Gasteiger partial charge in [0, 0.05) is 18.8 Å². The molecule has 0 saturated carbocycles. The van der Waals surface area contributed by atoms with Crippen molar-refractivity contribution in [3.8, 4) is 5.75 Å². The summed E-state index contributed by atoms with van der Waals surface area (Å²) in [6.45, 7) is 9.39. The zero-order valence-electron chi connectivity index (χ0n) is 12.1. The van der Waals surface area contributed by atoms with Crippen LogP contribution >= 0.6 is 0 Å². The first kappa shape index (κ1) is 14.8. The van der Waals surface area contributed by atoms with Crippen LogP contribution in [0, 0.1) is 26.7 Å². The van der Waals surface area contributed by atoms with Gasteiger partial charge in [0.05, 0.1) is 7.11 Å². The second kappa shape index (κ2) is 6.64. The first-order valence-corrected chi connectivity index (χ1v) is 6.54. The number of ether oxygens (including phenoxy) is 1. The van der Waals surface area contributed by atoms with Crippen LogP contribution < -0.4 is 10.1 Å². The maximum atomic E-state index is 9.22. The van der Waals surface area contributed by atoms with E-state index in [1.807, 2.05) is 0 Å². The number of anilines is 1. The van der Waals surface area contributed by atoms with E-state index in [1.165, 1.54) is 22.4 Å². The summed E-state index contributed by atoms with van der Waals surface area (Å²) in [5, 5.41) is 12.7. The van der Waals surface area contributed by atoms with Crippen LogP contribution in [0.4, 0.5) is 5.69 Å². The summed E-state index contributed by atoms with van der Waals surface area (Å²) in [7, 11) is 1.70. The molecule has 102 valence electrons. The third kappa shape index (κ3) is 3.16. The number of benzene rings is 1. The Morgan fingerprint density at radius 3 is 2.44 bits per heavy atom. The number of aliphatic hydroxyl groups is 1. The molecule has 0 aromatic heterocycles. The highest BCUT2D eigenvalue weighted by Crippen LogP contribution is 2.31. The molecule has 0 aliphatic heterocycles. The van der Waals surface area contributed by atoms with E-state index < -0.39 is 0 Å². The van der Waals surface area contributed by atoms with Gasteiger partial charge in [0.25, 0.3) is 0 Å².